The van der Waals surface area contributed by atoms with Crippen LogP contribution in [0.5, 0.6) is 0 Å². The second-order valence-corrected chi connectivity index (χ2v) is 2.88. The van der Waals surface area contributed by atoms with Gasteiger partial charge in [-0.15, -0.1) is 0 Å². The number of hydrazone groups is 1. The molecule has 0 heterocycles. The fourth-order valence-corrected chi connectivity index (χ4v) is 0.284. The summed E-state index contributed by atoms with van der Waals surface area (Å²) in [5.74, 6) is 0. The Morgan fingerprint density at radius 2 is 2.00 bits per heavy atom. The normalized spacial score (nSPS) is 11.9. The molecule has 9 heavy (non-hydrogen) atoms. The lowest BCUT2D eigenvalue weighted by Crippen LogP contribution is -2.31. The average Bonchev–Trinajstić information content (AvgIpc) is 1.63. The van der Waals surface area contributed by atoms with Crippen LogP contribution in [0.25, 0.3) is 0 Å². The number of hydrogen-bond donors (Lipinski definition) is 1. The van der Waals surface area contributed by atoms with Gasteiger partial charge in [-0.3, -0.25) is 0 Å². The molecule has 0 aromatic rings. The highest BCUT2D eigenvalue weighted by Gasteiger charge is 2.04. The first-order chi connectivity index (χ1) is 4.06. The van der Waals surface area contributed by atoms with Gasteiger partial charge in [0.15, 0.2) is 0 Å². The van der Waals surface area contributed by atoms with Gasteiger partial charge in [0.25, 0.3) is 0 Å². The molecular formula is C7H14N2. The largest absolute Gasteiger partial charge is 0.305 e. The van der Waals surface area contributed by atoms with E-state index < -0.39 is 0 Å². The number of hydrogen-bond acceptors (Lipinski definition) is 2. The van der Waals surface area contributed by atoms with E-state index in [2.05, 4.69) is 17.1 Å². The molecule has 1 N–H and O–H groups in total. The monoisotopic (exact) mass is 126 g/mol. The van der Waals surface area contributed by atoms with E-state index >= 15 is 0 Å². The Labute approximate surface area is 56.7 Å². The van der Waals surface area contributed by atoms with Crippen molar-refractivity contribution in [1.82, 2.24) is 5.43 Å². The van der Waals surface area contributed by atoms with Crippen LogP contribution in [-0.4, -0.2) is 11.8 Å². The summed E-state index contributed by atoms with van der Waals surface area (Å²) in [7, 11) is 0. The molecule has 0 rings (SSSR count). The molecule has 0 unspecified atom stereocenters. The molecule has 0 aromatic heterocycles. The van der Waals surface area contributed by atoms with Crippen molar-refractivity contribution < 1.29 is 0 Å². The molecule has 2 nitrogen and oxygen atoms in total. The van der Waals surface area contributed by atoms with Crippen LogP contribution in [0.2, 0.25) is 0 Å². The maximum absolute atomic E-state index is 3.87. The van der Waals surface area contributed by atoms with E-state index in [4.69, 9.17) is 0 Å². The third kappa shape index (κ3) is 7.21. The molecule has 0 bridgehead atoms. The summed E-state index contributed by atoms with van der Waals surface area (Å²) in [6.45, 7) is 9.64. The van der Waals surface area contributed by atoms with Crippen molar-refractivity contribution >= 4 is 6.21 Å². The van der Waals surface area contributed by atoms with Gasteiger partial charge in [0.2, 0.25) is 0 Å². The fraction of sp³-hybridized carbons (Fsp3) is 0.571. The quantitative estimate of drug-likeness (QED) is 0.440. The molecule has 52 valence electrons. The second kappa shape index (κ2) is 3.28. The molecule has 0 aliphatic rings. The topological polar surface area (TPSA) is 24.4 Å². The van der Waals surface area contributed by atoms with Gasteiger partial charge < -0.3 is 5.43 Å². The molecule has 0 atom stereocenters. The SMILES string of the molecule is C=CC=NNC(C)(C)C. The number of nitrogens with zero attached hydrogens (tertiary/aromatic N) is 1. The van der Waals surface area contributed by atoms with Gasteiger partial charge in [-0.2, -0.15) is 5.10 Å². The first kappa shape index (κ1) is 8.21. The molecule has 0 amide bonds. The molecule has 0 spiro atoms. The minimum atomic E-state index is 0.0551. The van der Waals surface area contributed by atoms with Gasteiger partial charge in [-0.05, 0) is 26.8 Å². The van der Waals surface area contributed by atoms with Crippen LogP contribution in [0, 0.1) is 0 Å². The van der Waals surface area contributed by atoms with Crippen molar-refractivity contribution in [2.45, 2.75) is 26.3 Å². The Morgan fingerprint density at radius 3 is 2.33 bits per heavy atom. The van der Waals surface area contributed by atoms with Crippen molar-refractivity contribution in [3.8, 4) is 0 Å². The number of nitrogens with one attached hydrogen (secondary N) is 1. The maximum atomic E-state index is 3.87. The zero-order valence-corrected chi connectivity index (χ0v) is 6.31. The highest BCUT2D eigenvalue weighted by molar-refractivity contribution is 5.69. The van der Waals surface area contributed by atoms with Gasteiger partial charge in [0.05, 0.1) is 0 Å². The Balaban J connectivity index is 3.50. The van der Waals surface area contributed by atoms with Crippen LogP contribution in [0.4, 0.5) is 0 Å². The van der Waals surface area contributed by atoms with Crippen LogP contribution >= 0.6 is 0 Å². The summed E-state index contributed by atoms with van der Waals surface area (Å²) in [6, 6.07) is 0. The van der Waals surface area contributed by atoms with Crippen molar-refractivity contribution in [1.29, 1.82) is 0 Å². The minimum absolute atomic E-state index is 0.0551. The highest BCUT2D eigenvalue weighted by Crippen LogP contribution is 1.96. The first-order valence-electron chi connectivity index (χ1n) is 2.97. The van der Waals surface area contributed by atoms with Gasteiger partial charge in [-0.25, -0.2) is 0 Å². The summed E-state index contributed by atoms with van der Waals surface area (Å²) < 4.78 is 0. The van der Waals surface area contributed by atoms with Gasteiger partial charge >= 0.3 is 0 Å². The lowest BCUT2D eigenvalue weighted by Gasteiger charge is -2.16. The Kier molecular flexibility index (Phi) is 2.99. The van der Waals surface area contributed by atoms with Crippen molar-refractivity contribution in [2.75, 3.05) is 0 Å². The lowest BCUT2D eigenvalue weighted by atomic mass is 10.1. The second-order valence-electron chi connectivity index (χ2n) is 2.88. The lowest BCUT2D eigenvalue weighted by molar-refractivity contribution is 0.442. The van der Waals surface area contributed by atoms with E-state index in [-0.39, 0.29) is 5.54 Å². The van der Waals surface area contributed by atoms with E-state index in [1.54, 1.807) is 12.3 Å². The molecule has 0 saturated carbocycles. The summed E-state index contributed by atoms with van der Waals surface area (Å²) in [5.41, 5.74) is 2.98. The highest BCUT2D eigenvalue weighted by atomic mass is 15.3. The standard InChI is InChI=1S/C7H14N2/c1-5-6-8-9-7(2,3)4/h5-6,9H,1H2,2-4H3. The van der Waals surface area contributed by atoms with E-state index in [9.17, 15) is 0 Å². The average molecular weight is 126 g/mol. The molecule has 0 aliphatic heterocycles. The Bertz CT molecular complexity index is 109. The minimum Gasteiger partial charge on any atom is -0.305 e. The Hall–Kier alpha value is -0.790. The van der Waals surface area contributed by atoms with Crippen LogP contribution in [-0.2, 0) is 0 Å². The molecule has 0 aromatic carbocycles. The number of allylic oxidation sites excluding steroid dienone is 1. The number of rotatable bonds is 2. The summed E-state index contributed by atoms with van der Waals surface area (Å²) in [4.78, 5) is 0. The van der Waals surface area contributed by atoms with Gasteiger partial charge in [-0.1, -0.05) is 6.58 Å². The van der Waals surface area contributed by atoms with Crippen LogP contribution < -0.4 is 5.43 Å². The fourth-order valence-electron chi connectivity index (χ4n) is 0.284. The van der Waals surface area contributed by atoms with Gasteiger partial charge in [0, 0.05) is 11.8 Å². The molecule has 0 saturated heterocycles. The van der Waals surface area contributed by atoms with E-state index in [1.807, 2.05) is 20.8 Å². The molecule has 0 radical (unpaired) electrons. The molecule has 2 heteroatoms. The summed E-state index contributed by atoms with van der Waals surface area (Å²) in [5, 5.41) is 3.87. The summed E-state index contributed by atoms with van der Waals surface area (Å²) in [6.07, 6.45) is 3.27. The van der Waals surface area contributed by atoms with Crippen molar-refractivity contribution in [3.63, 3.8) is 0 Å². The van der Waals surface area contributed by atoms with Gasteiger partial charge in [0.1, 0.15) is 0 Å². The van der Waals surface area contributed by atoms with Crippen molar-refractivity contribution in [3.05, 3.63) is 12.7 Å². The van der Waals surface area contributed by atoms with Crippen molar-refractivity contribution in [2.24, 2.45) is 5.10 Å². The summed E-state index contributed by atoms with van der Waals surface area (Å²) >= 11 is 0. The predicted octanol–water partition coefficient (Wildman–Crippen LogP) is 1.55. The Morgan fingerprint density at radius 1 is 1.44 bits per heavy atom. The zero-order chi connectivity index (χ0) is 7.33. The van der Waals surface area contributed by atoms with Crippen LogP contribution in [0.1, 0.15) is 20.8 Å². The predicted molar refractivity (Wildman–Crippen MR) is 41.6 cm³/mol. The third-order valence-corrected chi connectivity index (χ3v) is 0.580. The molecule has 0 fully saturated rings. The van der Waals surface area contributed by atoms with Crippen LogP contribution in [0.15, 0.2) is 17.8 Å². The van der Waals surface area contributed by atoms with E-state index in [1.165, 1.54) is 0 Å². The van der Waals surface area contributed by atoms with Crippen LogP contribution in [0.3, 0.4) is 0 Å². The third-order valence-electron chi connectivity index (χ3n) is 0.580. The smallest absolute Gasteiger partial charge is 0.0464 e. The van der Waals surface area contributed by atoms with E-state index in [0.717, 1.165) is 0 Å². The molecular weight excluding hydrogens is 112 g/mol. The van der Waals surface area contributed by atoms with E-state index in [0.29, 0.717) is 0 Å². The first-order valence-corrected chi connectivity index (χ1v) is 2.97. The molecule has 0 aliphatic carbocycles. The maximum Gasteiger partial charge on any atom is 0.0464 e. The zero-order valence-electron chi connectivity index (χ0n) is 6.31.